The summed E-state index contributed by atoms with van der Waals surface area (Å²) in [5, 5.41) is 2.65. The summed E-state index contributed by atoms with van der Waals surface area (Å²) in [6.45, 7) is 0. The highest BCUT2D eigenvalue weighted by atomic mass is 32.2. The van der Waals surface area contributed by atoms with Crippen molar-refractivity contribution in [2.75, 3.05) is 19.8 Å². The van der Waals surface area contributed by atoms with Gasteiger partial charge in [-0.05, 0) is 35.8 Å². The summed E-state index contributed by atoms with van der Waals surface area (Å²) < 4.78 is 25.0. The predicted molar refractivity (Wildman–Crippen MR) is 93.7 cm³/mol. The zero-order valence-electron chi connectivity index (χ0n) is 12.9. The van der Waals surface area contributed by atoms with Crippen molar-refractivity contribution in [1.29, 1.82) is 0 Å². The summed E-state index contributed by atoms with van der Waals surface area (Å²) in [6.07, 6.45) is 2.65. The Bertz CT molecular complexity index is 739. The van der Waals surface area contributed by atoms with Gasteiger partial charge in [-0.25, -0.2) is 17.7 Å². The van der Waals surface area contributed by atoms with E-state index in [1.807, 2.05) is 17.5 Å². The molecular weight excluding hydrogens is 352 g/mol. The standard InChI is InChI=1S/C15H18N2O3S3/c1-17(2)23(19,20)12-7-8-15(16-11-12)22-10-3-5-13(18)14-6-4-9-21-14/h4,6-9,11H,3,5,10H2,1-2H3. The molecule has 2 rings (SSSR count). The molecular formula is C15H18N2O3S3. The van der Waals surface area contributed by atoms with Gasteiger partial charge in [-0.15, -0.1) is 23.1 Å². The summed E-state index contributed by atoms with van der Waals surface area (Å²) in [5.41, 5.74) is 0. The van der Waals surface area contributed by atoms with Crippen LogP contribution in [0.5, 0.6) is 0 Å². The predicted octanol–water partition coefficient (Wildman–Crippen LogP) is 3.15. The Labute approximate surface area is 144 Å². The van der Waals surface area contributed by atoms with Crippen LogP contribution in [0, 0.1) is 0 Å². The maximum atomic E-state index is 11.9. The van der Waals surface area contributed by atoms with Crippen LogP contribution in [0.1, 0.15) is 22.5 Å². The molecule has 0 atom stereocenters. The number of thiophene rings is 1. The van der Waals surface area contributed by atoms with Gasteiger partial charge in [0.15, 0.2) is 5.78 Å². The Balaban J connectivity index is 1.82. The van der Waals surface area contributed by atoms with E-state index in [4.69, 9.17) is 0 Å². The molecule has 0 aromatic carbocycles. The summed E-state index contributed by atoms with van der Waals surface area (Å²) in [5.74, 6) is 0.935. The van der Waals surface area contributed by atoms with E-state index in [-0.39, 0.29) is 10.7 Å². The van der Waals surface area contributed by atoms with E-state index >= 15 is 0 Å². The molecule has 8 heteroatoms. The van der Waals surface area contributed by atoms with Crippen molar-refractivity contribution in [3.63, 3.8) is 0 Å². The molecule has 0 radical (unpaired) electrons. The summed E-state index contributed by atoms with van der Waals surface area (Å²) >= 11 is 2.98. The van der Waals surface area contributed by atoms with Crippen molar-refractivity contribution in [1.82, 2.24) is 9.29 Å². The smallest absolute Gasteiger partial charge is 0.244 e. The molecule has 2 aromatic heterocycles. The number of sulfonamides is 1. The third-order valence-electron chi connectivity index (χ3n) is 3.08. The lowest BCUT2D eigenvalue weighted by Gasteiger charge is -2.10. The summed E-state index contributed by atoms with van der Waals surface area (Å²) in [6, 6.07) is 6.97. The third kappa shape index (κ3) is 4.87. The largest absolute Gasteiger partial charge is 0.293 e. The van der Waals surface area contributed by atoms with Crippen molar-refractivity contribution in [2.45, 2.75) is 22.8 Å². The molecule has 0 unspecified atom stereocenters. The molecule has 5 nitrogen and oxygen atoms in total. The minimum absolute atomic E-state index is 0.168. The molecule has 0 fully saturated rings. The van der Waals surface area contributed by atoms with Crippen LogP contribution in [-0.4, -0.2) is 43.3 Å². The molecule has 23 heavy (non-hydrogen) atoms. The van der Waals surface area contributed by atoms with Crippen molar-refractivity contribution in [3.05, 3.63) is 40.7 Å². The number of hydrogen-bond donors (Lipinski definition) is 0. The normalized spacial score (nSPS) is 11.8. The molecule has 2 heterocycles. The van der Waals surface area contributed by atoms with E-state index in [9.17, 15) is 13.2 Å². The van der Waals surface area contributed by atoms with Gasteiger partial charge in [0.05, 0.1) is 9.90 Å². The number of carbonyl (C=O) groups excluding carboxylic acids is 1. The number of ketones is 1. The number of nitrogens with zero attached hydrogens (tertiary/aromatic N) is 2. The zero-order chi connectivity index (χ0) is 16.9. The number of pyridine rings is 1. The van der Waals surface area contributed by atoms with Gasteiger partial charge in [-0.2, -0.15) is 0 Å². The number of hydrogen-bond acceptors (Lipinski definition) is 6. The minimum atomic E-state index is -3.44. The number of carbonyl (C=O) groups is 1. The number of aromatic nitrogens is 1. The first-order valence-corrected chi connectivity index (χ1v) is 10.3. The Morgan fingerprint density at radius 1 is 1.30 bits per heavy atom. The van der Waals surface area contributed by atoms with E-state index in [1.54, 1.807) is 12.1 Å². The Morgan fingerprint density at radius 2 is 2.09 bits per heavy atom. The fourth-order valence-corrected chi connectivity index (χ4v) is 4.12. The molecule has 0 aliphatic carbocycles. The van der Waals surface area contributed by atoms with Crippen LogP contribution in [0.15, 0.2) is 45.8 Å². The maximum Gasteiger partial charge on any atom is 0.244 e. The molecule has 0 bridgehead atoms. The second-order valence-corrected chi connectivity index (χ2v) is 9.19. The van der Waals surface area contributed by atoms with Crippen molar-refractivity contribution < 1.29 is 13.2 Å². The molecule has 0 saturated heterocycles. The Hall–Kier alpha value is -1.22. The Morgan fingerprint density at radius 3 is 2.65 bits per heavy atom. The lowest BCUT2D eigenvalue weighted by atomic mass is 10.2. The lowest BCUT2D eigenvalue weighted by molar-refractivity contribution is 0.0986. The minimum Gasteiger partial charge on any atom is -0.293 e. The van der Waals surface area contributed by atoms with E-state index in [2.05, 4.69) is 4.98 Å². The molecule has 0 saturated carbocycles. The molecule has 0 spiro atoms. The van der Waals surface area contributed by atoms with Gasteiger partial charge in [-0.3, -0.25) is 4.79 Å². The van der Waals surface area contributed by atoms with E-state index in [0.29, 0.717) is 6.42 Å². The van der Waals surface area contributed by atoms with Crippen LogP contribution in [0.4, 0.5) is 0 Å². The molecule has 0 aliphatic rings. The monoisotopic (exact) mass is 370 g/mol. The van der Waals surface area contributed by atoms with Gasteiger partial charge in [0, 0.05) is 26.7 Å². The van der Waals surface area contributed by atoms with Crippen LogP contribution >= 0.6 is 23.1 Å². The van der Waals surface area contributed by atoms with Gasteiger partial charge in [0.25, 0.3) is 0 Å². The third-order valence-corrected chi connectivity index (χ3v) is 6.82. The van der Waals surface area contributed by atoms with E-state index < -0.39 is 10.0 Å². The van der Waals surface area contributed by atoms with Crippen LogP contribution in [0.3, 0.4) is 0 Å². The number of thioether (sulfide) groups is 1. The maximum absolute atomic E-state index is 11.9. The highest BCUT2D eigenvalue weighted by molar-refractivity contribution is 7.99. The first-order chi connectivity index (χ1) is 10.9. The van der Waals surface area contributed by atoms with Gasteiger partial charge in [0.2, 0.25) is 10.0 Å². The fourth-order valence-electron chi connectivity index (χ4n) is 1.79. The average molecular weight is 371 g/mol. The Kier molecular flexibility index (Phi) is 6.34. The first kappa shape index (κ1) is 18.1. The average Bonchev–Trinajstić information content (AvgIpc) is 3.06. The molecule has 0 N–H and O–H groups in total. The van der Waals surface area contributed by atoms with Crippen molar-refractivity contribution in [3.8, 4) is 0 Å². The fraction of sp³-hybridized carbons (Fsp3) is 0.333. The van der Waals surface area contributed by atoms with Crippen molar-refractivity contribution in [2.24, 2.45) is 0 Å². The van der Waals surface area contributed by atoms with Gasteiger partial charge >= 0.3 is 0 Å². The number of Topliss-reactive ketones (excluding diaryl/α,β-unsaturated/α-hetero) is 1. The molecule has 124 valence electrons. The summed E-state index contributed by atoms with van der Waals surface area (Å²) in [7, 11) is -0.460. The van der Waals surface area contributed by atoms with Gasteiger partial charge < -0.3 is 0 Å². The number of rotatable bonds is 8. The molecule has 0 aliphatic heterocycles. The molecule has 0 amide bonds. The summed E-state index contributed by atoms with van der Waals surface area (Å²) in [4.78, 5) is 17.0. The van der Waals surface area contributed by atoms with Crippen molar-refractivity contribution >= 4 is 38.9 Å². The SMILES string of the molecule is CN(C)S(=O)(=O)c1ccc(SCCCC(=O)c2cccs2)nc1. The highest BCUT2D eigenvalue weighted by Gasteiger charge is 2.17. The molecule has 2 aromatic rings. The van der Waals surface area contributed by atoms with Crippen LogP contribution in [0.25, 0.3) is 0 Å². The lowest BCUT2D eigenvalue weighted by Crippen LogP contribution is -2.22. The van der Waals surface area contributed by atoms with E-state index in [1.165, 1.54) is 43.4 Å². The van der Waals surface area contributed by atoms with Gasteiger partial charge in [-0.1, -0.05) is 6.07 Å². The quantitative estimate of drug-likeness (QED) is 0.406. The highest BCUT2D eigenvalue weighted by Crippen LogP contribution is 2.20. The van der Waals surface area contributed by atoms with Crippen LogP contribution in [0.2, 0.25) is 0 Å². The zero-order valence-corrected chi connectivity index (χ0v) is 15.4. The second-order valence-electron chi connectivity index (χ2n) is 4.97. The van der Waals surface area contributed by atoms with Gasteiger partial charge in [0.1, 0.15) is 4.90 Å². The topological polar surface area (TPSA) is 67.3 Å². The van der Waals surface area contributed by atoms with Crippen LogP contribution in [-0.2, 0) is 10.0 Å². The second kappa shape index (κ2) is 8.05. The van der Waals surface area contributed by atoms with E-state index in [0.717, 1.165) is 26.4 Å². The van der Waals surface area contributed by atoms with Crippen LogP contribution < -0.4 is 0 Å². The first-order valence-electron chi connectivity index (χ1n) is 6.99.